The third kappa shape index (κ3) is 7.29. The van der Waals surface area contributed by atoms with Gasteiger partial charge in [0.15, 0.2) is 0 Å². The van der Waals surface area contributed by atoms with E-state index >= 15 is 0 Å². The van der Waals surface area contributed by atoms with Crippen molar-refractivity contribution in [3.63, 3.8) is 0 Å². The number of nitrogens with zero attached hydrogens (tertiary/aromatic N) is 3. The Morgan fingerprint density at radius 1 is 0.733 bits per heavy atom. The Morgan fingerprint density at radius 3 is 2.00 bits per heavy atom. The van der Waals surface area contributed by atoms with Crippen LogP contribution in [-0.2, 0) is 0 Å². The first-order chi connectivity index (χ1) is 14.9. The van der Waals surface area contributed by atoms with Crippen LogP contribution in [0.5, 0.6) is 5.75 Å². The first kappa shape index (κ1) is 22.0. The van der Waals surface area contributed by atoms with Crippen molar-refractivity contribution in [2.24, 2.45) is 0 Å². The van der Waals surface area contributed by atoms with Gasteiger partial charge in [0.05, 0.1) is 12.2 Å². The summed E-state index contributed by atoms with van der Waals surface area (Å²) in [5, 5.41) is 8.25. The lowest BCUT2D eigenvalue weighted by Crippen LogP contribution is -1.97. The van der Waals surface area contributed by atoms with Crippen molar-refractivity contribution >= 4 is 0 Å². The molecule has 30 heavy (non-hydrogen) atoms. The lowest BCUT2D eigenvalue weighted by atomic mass is 10.1. The molecule has 0 bridgehead atoms. The minimum Gasteiger partial charge on any atom is -0.494 e. The van der Waals surface area contributed by atoms with Crippen LogP contribution in [0.15, 0.2) is 53.2 Å². The SMILES string of the molecule is CCCCCCCCCCCCOc1ccc(-c2nnc(-c3cccnc3)o2)cc1. The molecule has 2 aromatic heterocycles. The minimum atomic E-state index is 0.472. The molecular formula is C25H33N3O2. The summed E-state index contributed by atoms with van der Waals surface area (Å²) < 4.78 is 11.6. The quantitative estimate of drug-likeness (QED) is 0.267. The largest absolute Gasteiger partial charge is 0.494 e. The zero-order chi connectivity index (χ0) is 20.9. The van der Waals surface area contributed by atoms with Crippen molar-refractivity contribution < 1.29 is 9.15 Å². The first-order valence-electron chi connectivity index (χ1n) is 11.3. The van der Waals surface area contributed by atoms with E-state index in [0.29, 0.717) is 11.8 Å². The van der Waals surface area contributed by atoms with Gasteiger partial charge in [0.1, 0.15) is 5.75 Å². The van der Waals surface area contributed by atoms with E-state index in [0.717, 1.165) is 29.9 Å². The zero-order valence-corrected chi connectivity index (χ0v) is 18.1. The summed E-state index contributed by atoms with van der Waals surface area (Å²) in [7, 11) is 0. The molecule has 0 N–H and O–H groups in total. The highest BCUT2D eigenvalue weighted by Gasteiger charge is 2.10. The molecule has 0 unspecified atom stereocenters. The molecule has 0 saturated carbocycles. The molecule has 0 amide bonds. The Morgan fingerprint density at radius 2 is 1.37 bits per heavy atom. The van der Waals surface area contributed by atoms with Crippen LogP contribution in [0.2, 0.25) is 0 Å². The molecule has 0 spiro atoms. The summed E-state index contributed by atoms with van der Waals surface area (Å²) >= 11 is 0. The number of pyridine rings is 1. The number of aromatic nitrogens is 3. The van der Waals surface area contributed by atoms with Crippen molar-refractivity contribution in [1.82, 2.24) is 15.2 Å². The van der Waals surface area contributed by atoms with Crippen LogP contribution >= 0.6 is 0 Å². The molecule has 1 aromatic carbocycles. The molecule has 2 heterocycles. The van der Waals surface area contributed by atoms with Gasteiger partial charge in [0.25, 0.3) is 0 Å². The van der Waals surface area contributed by atoms with Crippen LogP contribution in [0.25, 0.3) is 22.9 Å². The van der Waals surface area contributed by atoms with Gasteiger partial charge < -0.3 is 9.15 Å². The molecule has 5 nitrogen and oxygen atoms in total. The molecule has 0 saturated heterocycles. The smallest absolute Gasteiger partial charge is 0.249 e. The summed E-state index contributed by atoms with van der Waals surface area (Å²) in [6.45, 7) is 3.03. The number of rotatable bonds is 14. The van der Waals surface area contributed by atoms with Gasteiger partial charge in [0, 0.05) is 18.0 Å². The average molecular weight is 408 g/mol. The summed E-state index contributed by atoms with van der Waals surface area (Å²) in [4.78, 5) is 4.08. The summed E-state index contributed by atoms with van der Waals surface area (Å²) in [5.74, 6) is 1.84. The molecule has 0 atom stereocenters. The second-order valence-electron chi connectivity index (χ2n) is 7.71. The number of ether oxygens (including phenoxy) is 1. The second-order valence-corrected chi connectivity index (χ2v) is 7.71. The summed E-state index contributed by atoms with van der Waals surface area (Å²) in [5.41, 5.74) is 1.69. The van der Waals surface area contributed by atoms with Crippen molar-refractivity contribution in [2.75, 3.05) is 6.61 Å². The molecular weight excluding hydrogens is 374 g/mol. The van der Waals surface area contributed by atoms with Crippen LogP contribution < -0.4 is 4.74 Å². The van der Waals surface area contributed by atoms with Crippen LogP contribution in [0.1, 0.15) is 71.1 Å². The molecule has 5 heteroatoms. The molecule has 0 aliphatic heterocycles. The Kier molecular flexibility index (Phi) is 9.38. The van der Waals surface area contributed by atoms with E-state index in [1.165, 1.54) is 57.8 Å². The summed E-state index contributed by atoms with van der Waals surface area (Å²) in [6, 6.07) is 11.6. The van der Waals surface area contributed by atoms with Gasteiger partial charge in [-0.3, -0.25) is 4.98 Å². The van der Waals surface area contributed by atoms with Gasteiger partial charge in [-0.25, -0.2) is 0 Å². The Bertz CT molecular complexity index is 831. The van der Waals surface area contributed by atoms with Gasteiger partial charge in [-0.2, -0.15) is 0 Å². The van der Waals surface area contributed by atoms with Crippen molar-refractivity contribution in [3.05, 3.63) is 48.8 Å². The highest BCUT2D eigenvalue weighted by atomic mass is 16.5. The van der Waals surface area contributed by atoms with Crippen LogP contribution in [0.4, 0.5) is 0 Å². The molecule has 160 valence electrons. The predicted octanol–water partition coefficient (Wildman–Crippen LogP) is 7.10. The lowest BCUT2D eigenvalue weighted by molar-refractivity contribution is 0.304. The Hall–Kier alpha value is -2.69. The van der Waals surface area contributed by atoms with E-state index in [-0.39, 0.29) is 0 Å². The third-order valence-electron chi connectivity index (χ3n) is 5.20. The highest BCUT2D eigenvalue weighted by Crippen LogP contribution is 2.25. The molecule has 0 radical (unpaired) electrons. The first-order valence-corrected chi connectivity index (χ1v) is 11.3. The highest BCUT2D eigenvalue weighted by molar-refractivity contribution is 5.57. The number of unbranched alkanes of at least 4 members (excludes halogenated alkanes) is 9. The van der Waals surface area contributed by atoms with E-state index < -0.39 is 0 Å². The van der Waals surface area contributed by atoms with E-state index in [9.17, 15) is 0 Å². The van der Waals surface area contributed by atoms with Gasteiger partial charge in [0.2, 0.25) is 11.8 Å². The third-order valence-corrected chi connectivity index (χ3v) is 5.20. The standard InChI is InChI=1S/C25H33N3O2/c1-2-3-4-5-6-7-8-9-10-11-19-29-23-16-14-21(15-17-23)24-27-28-25(30-24)22-13-12-18-26-20-22/h12-18,20H,2-11,19H2,1H3. The lowest BCUT2D eigenvalue weighted by Gasteiger charge is -2.06. The fourth-order valence-electron chi connectivity index (χ4n) is 3.42. The molecule has 0 aliphatic rings. The van der Waals surface area contributed by atoms with Crippen molar-refractivity contribution in [2.45, 2.75) is 71.1 Å². The number of hydrogen-bond acceptors (Lipinski definition) is 5. The van der Waals surface area contributed by atoms with Crippen LogP contribution in [0, 0.1) is 0 Å². The average Bonchev–Trinajstić information content (AvgIpc) is 3.29. The fraction of sp³-hybridized carbons (Fsp3) is 0.480. The van der Waals surface area contributed by atoms with Gasteiger partial charge in [-0.15, -0.1) is 10.2 Å². The fourth-order valence-corrected chi connectivity index (χ4v) is 3.42. The molecule has 0 fully saturated rings. The molecule has 0 aliphatic carbocycles. The molecule has 3 rings (SSSR count). The van der Waals surface area contributed by atoms with Gasteiger partial charge in [-0.05, 0) is 42.8 Å². The van der Waals surface area contributed by atoms with Crippen LogP contribution in [0.3, 0.4) is 0 Å². The maximum absolute atomic E-state index is 5.87. The van der Waals surface area contributed by atoms with Crippen LogP contribution in [-0.4, -0.2) is 21.8 Å². The van der Waals surface area contributed by atoms with Gasteiger partial charge in [-0.1, -0.05) is 64.7 Å². The zero-order valence-electron chi connectivity index (χ0n) is 18.1. The maximum atomic E-state index is 5.87. The maximum Gasteiger partial charge on any atom is 0.249 e. The van der Waals surface area contributed by atoms with E-state index in [1.807, 2.05) is 36.4 Å². The molecule has 3 aromatic rings. The minimum absolute atomic E-state index is 0.472. The Balaban J connectivity index is 1.32. The van der Waals surface area contributed by atoms with Crippen molar-refractivity contribution in [1.29, 1.82) is 0 Å². The summed E-state index contributed by atoms with van der Waals surface area (Å²) in [6.07, 6.45) is 16.7. The number of benzene rings is 1. The van der Waals surface area contributed by atoms with Crippen molar-refractivity contribution in [3.8, 4) is 28.7 Å². The normalized spacial score (nSPS) is 11.0. The predicted molar refractivity (Wildman–Crippen MR) is 120 cm³/mol. The van der Waals surface area contributed by atoms with E-state index in [2.05, 4.69) is 22.1 Å². The second kappa shape index (κ2) is 12.8. The van der Waals surface area contributed by atoms with E-state index in [4.69, 9.17) is 9.15 Å². The van der Waals surface area contributed by atoms with E-state index in [1.54, 1.807) is 12.4 Å². The monoisotopic (exact) mass is 407 g/mol. The topological polar surface area (TPSA) is 61.0 Å². The number of hydrogen-bond donors (Lipinski definition) is 0. The van der Waals surface area contributed by atoms with Gasteiger partial charge >= 0.3 is 0 Å². The Labute approximate surface area is 179 Å².